The Labute approximate surface area is 144 Å². The number of ether oxygens (including phenoxy) is 1. The minimum Gasteiger partial charge on any atom is -0.465 e. The smallest absolute Gasteiger partial charge is 0.324 e. The molecule has 0 heterocycles. The van der Waals surface area contributed by atoms with E-state index in [1.807, 2.05) is 30.3 Å². The van der Waals surface area contributed by atoms with E-state index in [9.17, 15) is 9.59 Å². The van der Waals surface area contributed by atoms with Crippen LogP contribution in [-0.2, 0) is 14.3 Å². The zero-order chi connectivity index (χ0) is 15.7. The highest BCUT2D eigenvalue weighted by molar-refractivity contribution is 14.1. The molecule has 0 bridgehead atoms. The Balaban J connectivity index is 2.19. The minimum absolute atomic E-state index is 0.0349. The van der Waals surface area contributed by atoms with Crippen molar-refractivity contribution in [1.82, 2.24) is 0 Å². The summed E-state index contributed by atoms with van der Waals surface area (Å²) in [6.07, 6.45) is 3.05. The molecule has 1 aromatic carbocycles. The van der Waals surface area contributed by atoms with Crippen LogP contribution >= 0.6 is 22.6 Å². The van der Waals surface area contributed by atoms with Crippen molar-refractivity contribution in [2.45, 2.75) is 32.6 Å². The lowest BCUT2D eigenvalue weighted by molar-refractivity contribution is -0.160. The van der Waals surface area contributed by atoms with Crippen LogP contribution in [0.2, 0.25) is 0 Å². The fourth-order valence-electron chi connectivity index (χ4n) is 3.90. The quantitative estimate of drug-likeness (QED) is 0.427. The number of ketones is 1. The van der Waals surface area contributed by atoms with Crippen molar-refractivity contribution in [1.29, 1.82) is 0 Å². The molecule has 0 aromatic heterocycles. The van der Waals surface area contributed by atoms with E-state index in [0.717, 1.165) is 34.0 Å². The highest BCUT2D eigenvalue weighted by Crippen LogP contribution is 2.59. The fourth-order valence-corrected chi connectivity index (χ4v) is 5.17. The number of carbonyl (C=O) groups is 2. The molecule has 2 atom stereocenters. The Morgan fingerprint density at radius 1 is 1.36 bits per heavy atom. The third-order valence-electron chi connectivity index (χ3n) is 4.76. The Hall–Kier alpha value is -1.17. The SMILES string of the molecule is CCOC(=O)[C@]12C(=O)CCC[C@H]1CC(I)=C2c1ccccc1. The largest absolute Gasteiger partial charge is 0.465 e. The van der Waals surface area contributed by atoms with Crippen molar-refractivity contribution in [3.05, 3.63) is 39.5 Å². The van der Waals surface area contributed by atoms with Crippen LogP contribution in [0.5, 0.6) is 0 Å². The summed E-state index contributed by atoms with van der Waals surface area (Å²) in [5.41, 5.74) is 0.783. The van der Waals surface area contributed by atoms with Crippen LogP contribution in [0.4, 0.5) is 0 Å². The van der Waals surface area contributed by atoms with Crippen LogP contribution in [0.15, 0.2) is 33.9 Å². The second-order valence-electron chi connectivity index (χ2n) is 5.89. The summed E-state index contributed by atoms with van der Waals surface area (Å²) in [4.78, 5) is 25.8. The first-order valence-corrected chi connectivity index (χ1v) is 8.85. The maximum absolute atomic E-state index is 12.9. The third-order valence-corrected chi connectivity index (χ3v) is 5.74. The molecule has 3 rings (SSSR count). The lowest BCUT2D eigenvalue weighted by atomic mass is 9.63. The second-order valence-corrected chi connectivity index (χ2v) is 7.19. The second kappa shape index (κ2) is 6.14. The van der Waals surface area contributed by atoms with E-state index in [1.54, 1.807) is 6.92 Å². The van der Waals surface area contributed by atoms with Gasteiger partial charge in [0.25, 0.3) is 0 Å². The number of esters is 1. The fraction of sp³-hybridized carbons (Fsp3) is 0.444. The third kappa shape index (κ3) is 2.23. The normalized spacial score (nSPS) is 27.7. The van der Waals surface area contributed by atoms with Gasteiger partial charge in [-0.05, 0) is 69.4 Å². The first-order chi connectivity index (χ1) is 10.6. The number of carbonyl (C=O) groups excluding carboxylic acids is 2. The van der Waals surface area contributed by atoms with Gasteiger partial charge >= 0.3 is 5.97 Å². The molecule has 3 nitrogen and oxygen atoms in total. The number of hydrogen-bond acceptors (Lipinski definition) is 3. The standard InChI is InChI=1S/C18H19IO3/c1-2-22-17(21)18-13(9-6-10-15(18)20)11-14(19)16(18)12-7-4-3-5-8-12/h3-5,7-8,13H,2,6,9-11H2,1H3/t13-,18-/m0/s1. The molecular weight excluding hydrogens is 391 g/mol. The molecule has 116 valence electrons. The van der Waals surface area contributed by atoms with E-state index >= 15 is 0 Å². The first kappa shape index (κ1) is 15.7. The number of hydrogen-bond donors (Lipinski definition) is 0. The van der Waals surface area contributed by atoms with Gasteiger partial charge in [0.1, 0.15) is 0 Å². The van der Waals surface area contributed by atoms with Crippen molar-refractivity contribution in [2.24, 2.45) is 11.3 Å². The van der Waals surface area contributed by atoms with Crippen molar-refractivity contribution >= 4 is 39.9 Å². The van der Waals surface area contributed by atoms with Gasteiger partial charge in [0.05, 0.1) is 6.61 Å². The van der Waals surface area contributed by atoms with E-state index in [-0.39, 0.29) is 17.7 Å². The van der Waals surface area contributed by atoms with Crippen LogP contribution < -0.4 is 0 Å². The summed E-state index contributed by atoms with van der Waals surface area (Å²) in [7, 11) is 0. The number of Topliss-reactive ketones (excluding diaryl/α,β-unsaturated/α-hetero) is 1. The molecule has 0 spiro atoms. The lowest BCUT2D eigenvalue weighted by Gasteiger charge is -2.38. The predicted octanol–water partition coefficient (Wildman–Crippen LogP) is 4.16. The number of allylic oxidation sites excluding steroid dienone is 1. The molecule has 2 aliphatic rings. The molecule has 22 heavy (non-hydrogen) atoms. The molecule has 4 heteroatoms. The lowest BCUT2D eigenvalue weighted by Crippen LogP contribution is -2.47. The van der Waals surface area contributed by atoms with Gasteiger partial charge < -0.3 is 4.74 Å². The Morgan fingerprint density at radius 3 is 2.77 bits per heavy atom. The zero-order valence-corrected chi connectivity index (χ0v) is 14.8. The van der Waals surface area contributed by atoms with Gasteiger partial charge in [0.15, 0.2) is 11.2 Å². The molecule has 1 saturated carbocycles. The van der Waals surface area contributed by atoms with Crippen LogP contribution in [0.25, 0.3) is 5.57 Å². The Morgan fingerprint density at radius 2 is 2.09 bits per heavy atom. The summed E-state index contributed by atoms with van der Waals surface area (Å²) in [5.74, 6) is -0.266. The van der Waals surface area contributed by atoms with Crippen LogP contribution in [0.1, 0.15) is 38.2 Å². The highest BCUT2D eigenvalue weighted by atomic mass is 127. The molecule has 0 N–H and O–H groups in total. The number of fused-ring (bicyclic) bond motifs is 1. The maximum Gasteiger partial charge on any atom is 0.324 e. The number of halogens is 1. The molecule has 0 aliphatic heterocycles. The number of rotatable bonds is 3. The van der Waals surface area contributed by atoms with E-state index in [0.29, 0.717) is 13.0 Å². The van der Waals surface area contributed by atoms with E-state index < -0.39 is 5.41 Å². The zero-order valence-electron chi connectivity index (χ0n) is 12.6. The summed E-state index contributed by atoms with van der Waals surface area (Å²) < 4.78 is 6.48. The molecule has 0 radical (unpaired) electrons. The van der Waals surface area contributed by atoms with Crippen LogP contribution in [-0.4, -0.2) is 18.4 Å². The summed E-state index contributed by atoms with van der Waals surface area (Å²) >= 11 is 2.30. The van der Waals surface area contributed by atoms with Crippen molar-refractivity contribution in [3.63, 3.8) is 0 Å². The molecular formula is C18H19IO3. The summed E-state index contributed by atoms with van der Waals surface area (Å²) in [6.45, 7) is 2.10. The average molecular weight is 410 g/mol. The average Bonchev–Trinajstić information content (AvgIpc) is 2.82. The summed E-state index contributed by atoms with van der Waals surface area (Å²) in [5, 5.41) is 0. The van der Waals surface area contributed by atoms with Crippen molar-refractivity contribution < 1.29 is 14.3 Å². The van der Waals surface area contributed by atoms with Gasteiger partial charge in [-0.1, -0.05) is 30.3 Å². The molecule has 0 saturated heterocycles. The minimum atomic E-state index is -1.08. The van der Waals surface area contributed by atoms with E-state index in [2.05, 4.69) is 22.6 Å². The predicted molar refractivity (Wildman–Crippen MR) is 93.4 cm³/mol. The van der Waals surface area contributed by atoms with Gasteiger partial charge in [0, 0.05) is 6.42 Å². The van der Waals surface area contributed by atoms with Crippen LogP contribution in [0.3, 0.4) is 0 Å². The number of benzene rings is 1. The molecule has 2 aliphatic carbocycles. The highest BCUT2D eigenvalue weighted by Gasteiger charge is 2.60. The Bertz CT molecular complexity index is 635. The van der Waals surface area contributed by atoms with Crippen molar-refractivity contribution in [3.8, 4) is 0 Å². The molecule has 0 amide bonds. The topological polar surface area (TPSA) is 43.4 Å². The monoisotopic (exact) mass is 410 g/mol. The van der Waals surface area contributed by atoms with E-state index in [4.69, 9.17) is 4.74 Å². The molecule has 1 fully saturated rings. The molecule has 0 unspecified atom stereocenters. The first-order valence-electron chi connectivity index (χ1n) is 7.77. The van der Waals surface area contributed by atoms with Gasteiger partial charge in [-0.25, -0.2) is 0 Å². The van der Waals surface area contributed by atoms with Gasteiger partial charge in [-0.3, -0.25) is 9.59 Å². The Kier molecular flexibility index (Phi) is 4.39. The van der Waals surface area contributed by atoms with Gasteiger partial charge in [0.2, 0.25) is 0 Å². The van der Waals surface area contributed by atoms with Crippen molar-refractivity contribution in [2.75, 3.05) is 6.61 Å². The van der Waals surface area contributed by atoms with Crippen LogP contribution in [0, 0.1) is 11.3 Å². The van der Waals surface area contributed by atoms with E-state index in [1.165, 1.54) is 0 Å². The summed E-state index contributed by atoms with van der Waals surface area (Å²) in [6, 6.07) is 9.82. The molecule has 1 aromatic rings. The van der Waals surface area contributed by atoms with Gasteiger partial charge in [-0.2, -0.15) is 0 Å². The van der Waals surface area contributed by atoms with Gasteiger partial charge in [-0.15, -0.1) is 0 Å². The maximum atomic E-state index is 12.9.